The molecule has 0 fully saturated rings. The fourth-order valence-corrected chi connectivity index (χ4v) is 2.84. The standard InChI is InChI=1S/C14H16BrNO4/c1-7-5-9-13(15)8(10(16)3-4-12(17)18)6-11(19-2)14(9)20-7/h5-6,10H,3-4,16H2,1-2H3,(H,17,18). The number of benzene rings is 1. The molecule has 1 atom stereocenters. The Hall–Kier alpha value is -1.53. The summed E-state index contributed by atoms with van der Waals surface area (Å²) in [6.45, 7) is 1.86. The summed E-state index contributed by atoms with van der Waals surface area (Å²) in [6.07, 6.45) is 0.387. The van der Waals surface area contributed by atoms with E-state index in [0.29, 0.717) is 17.8 Å². The molecule has 0 amide bonds. The molecule has 1 aromatic heterocycles. The third-order valence-corrected chi connectivity index (χ3v) is 4.03. The smallest absolute Gasteiger partial charge is 0.303 e. The van der Waals surface area contributed by atoms with Crippen molar-refractivity contribution in [1.82, 2.24) is 0 Å². The summed E-state index contributed by atoms with van der Waals surface area (Å²) in [4.78, 5) is 10.7. The second kappa shape index (κ2) is 5.85. The molecule has 0 aliphatic carbocycles. The lowest BCUT2D eigenvalue weighted by atomic mass is 10.0. The Balaban J connectivity index is 2.47. The van der Waals surface area contributed by atoms with Crippen LogP contribution in [0.15, 0.2) is 21.0 Å². The number of rotatable bonds is 5. The Kier molecular flexibility index (Phi) is 4.35. The van der Waals surface area contributed by atoms with Crippen LogP contribution in [0.3, 0.4) is 0 Å². The summed E-state index contributed by atoms with van der Waals surface area (Å²) >= 11 is 3.52. The molecule has 0 saturated heterocycles. The zero-order valence-corrected chi connectivity index (χ0v) is 12.9. The second-order valence-corrected chi connectivity index (χ2v) is 5.41. The molecule has 2 rings (SSSR count). The van der Waals surface area contributed by atoms with E-state index in [1.54, 1.807) is 13.2 Å². The molecule has 0 saturated carbocycles. The van der Waals surface area contributed by atoms with Gasteiger partial charge >= 0.3 is 5.97 Å². The van der Waals surface area contributed by atoms with Gasteiger partial charge in [-0.05, 0) is 47.0 Å². The van der Waals surface area contributed by atoms with Gasteiger partial charge in [0.1, 0.15) is 5.76 Å². The van der Waals surface area contributed by atoms with E-state index in [2.05, 4.69) is 15.9 Å². The van der Waals surface area contributed by atoms with Crippen molar-refractivity contribution in [3.63, 3.8) is 0 Å². The van der Waals surface area contributed by atoms with Crippen LogP contribution in [0.4, 0.5) is 0 Å². The van der Waals surface area contributed by atoms with E-state index in [0.717, 1.165) is 21.2 Å². The lowest BCUT2D eigenvalue weighted by molar-refractivity contribution is -0.137. The molecule has 108 valence electrons. The fourth-order valence-electron chi connectivity index (χ4n) is 2.14. The highest BCUT2D eigenvalue weighted by Crippen LogP contribution is 2.39. The molecule has 0 bridgehead atoms. The van der Waals surface area contributed by atoms with E-state index in [1.807, 2.05) is 13.0 Å². The molecular formula is C14H16BrNO4. The molecule has 1 heterocycles. The highest BCUT2D eigenvalue weighted by atomic mass is 79.9. The van der Waals surface area contributed by atoms with Crippen molar-refractivity contribution in [3.05, 3.63) is 27.9 Å². The summed E-state index contributed by atoms with van der Waals surface area (Å²) < 4.78 is 11.8. The molecular weight excluding hydrogens is 326 g/mol. The average molecular weight is 342 g/mol. The summed E-state index contributed by atoms with van der Waals surface area (Å²) in [5.41, 5.74) is 7.56. The van der Waals surface area contributed by atoms with Crippen molar-refractivity contribution >= 4 is 32.9 Å². The predicted octanol–water partition coefficient (Wildman–Crippen LogP) is 3.38. The van der Waals surface area contributed by atoms with Crippen LogP contribution < -0.4 is 10.5 Å². The lowest BCUT2D eigenvalue weighted by Crippen LogP contribution is -2.13. The monoisotopic (exact) mass is 341 g/mol. The van der Waals surface area contributed by atoms with E-state index in [9.17, 15) is 4.79 Å². The minimum Gasteiger partial charge on any atom is -0.493 e. The maximum Gasteiger partial charge on any atom is 0.303 e. The molecule has 0 aliphatic rings. The topological polar surface area (TPSA) is 85.7 Å². The molecule has 5 nitrogen and oxygen atoms in total. The number of carboxylic acid groups (broad SMARTS) is 1. The number of halogens is 1. The molecule has 3 N–H and O–H groups in total. The van der Waals surface area contributed by atoms with Crippen LogP contribution in [0, 0.1) is 6.92 Å². The zero-order valence-electron chi connectivity index (χ0n) is 11.3. The van der Waals surface area contributed by atoms with Gasteiger partial charge in [-0.25, -0.2) is 0 Å². The van der Waals surface area contributed by atoms with E-state index < -0.39 is 5.97 Å². The van der Waals surface area contributed by atoms with Crippen molar-refractivity contribution in [1.29, 1.82) is 0 Å². The molecule has 0 aliphatic heterocycles. The van der Waals surface area contributed by atoms with E-state index in [1.165, 1.54) is 0 Å². The van der Waals surface area contributed by atoms with Gasteiger partial charge in [0, 0.05) is 22.3 Å². The number of hydrogen-bond acceptors (Lipinski definition) is 4. The number of methoxy groups -OCH3 is 1. The molecule has 0 radical (unpaired) electrons. The van der Waals surface area contributed by atoms with Crippen LogP contribution in [0.1, 0.15) is 30.2 Å². The Morgan fingerprint density at radius 3 is 2.85 bits per heavy atom. The summed E-state index contributed by atoms with van der Waals surface area (Å²) in [7, 11) is 1.56. The number of fused-ring (bicyclic) bond motifs is 1. The van der Waals surface area contributed by atoms with Gasteiger partial charge in [-0.2, -0.15) is 0 Å². The first-order chi connectivity index (χ1) is 9.43. The van der Waals surface area contributed by atoms with Gasteiger partial charge in [0.25, 0.3) is 0 Å². The highest BCUT2D eigenvalue weighted by molar-refractivity contribution is 9.10. The van der Waals surface area contributed by atoms with Crippen LogP contribution in [-0.4, -0.2) is 18.2 Å². The van der Waals surface area contributed by atoms with Gasteiger partial charge in [-0.1, -0.05) is 0 Å². The van der Waals surface area contributed by atoms with Gasteiger partial charge in [0.05, 0.1) is 7.11 Å². The first-order valence-electron chi connectivity index (χ1n) is 6.18. The van der Waals surface area contributed by atoms with Gasteiger partial charge < -0.3 is 20.0 Å². The van der Waals surface area contributed by atoms with E-state index in [-0.39, 0.29) is 12.5 Å². The van der Waals surface area contributed by atoms with Crippen LogP contribution in [0.2, 0.25) is 0 Å². The van der Waals surface area contributed by atoms with Crippen molar-refractivity contribution in [3.8, 4) is 5.75 Å². The van der Waals surface area contributed by atoms with Gasteiger partial charge in [-0.15, -0.1) is 0 Å². The number of carbonyl (C=O) groups is 1. The molecule has 2 aromatic rings. The highest BCUT2D eigenvalue weighted by Gasteiger charge is 2.19. The Bertz CT molecular complexity index is 650. The normalized spacial score (nSPS) is 12.6. The van der Waals surface area contributed by atoms with Crippen LogP contribution in [0.5, 0.6) is 5.75 Å². The van der Waals surface area contributed by atoms with Crippen LogP contribution >= 0.6 is 15.9 Å². The molecule has 20 heavy (non-hydrogen) atoms. The number of nitrogens with two attached hydrogens (primary N) is 1. The van der Waals surface area contributed by atoms with Gasteiger partial charge in [-0.3, -0.25) is 4.79 Å². The average Bonchev–Trinajstić information content (AvgIpc) is 2.79. The number of furan rings is 1. The van der Waals surface area contributed by atoms with Crippen LogP contribution in [-0.2, 0) is 4.79 Å². The minimum absolute atomic E-state index is 0.0262. The van der Waals surface area contributed by atoms with Crippen molar-refractivity contribution < 1.29 is 19.1 Å². The Morgan fingerprint density at radius 1 is 1.55 bits per heavy atom. The first-order valence-corrected chi connectivity index (χ1v) is 6.97. The molecule has 0 spiro atoms. The quantitative estimate of drug-likeness (QED) is 0.870. The maximum absolute atomic E-state index is 10.7. The molecule has 6 heteroatoms. The summed E-state index contributed by atoms with van der Waals surface area (Å²) in [5, 5.41) is 9.62. The predicted molar refractivity (Wildman–Crippen MR) is 79.0 cm³/mol. The molecule has 1 unspecified atom stereocenters. The third kappa shape index (κ3) is 2.81. The molecule has 1 aromatic carbocycles. The zero-order chi connectivity index (χ0) is 14.9. The summed E-state index contributed by atoms with van der Waals surface area (Å²) in [5.74, 6) is 0.510. The third-order valence-electron chi connectivity index (χ3n) is 3.14. The summed E-state index contributed by atoms with van der Waals surface area (Å²) in [6, 6.07) is 3.31. The minimum atomic E-state index is -0.858. The first kappa shape index (κ1) is 14.9. The fraction of sp³-hybridized carbons (Fsp3) is 0.357. The van der Waals surface area contributed by atoms with E-state index in [4.69, 9.17) is 20.0 Å². The second-order valence-electron chi connectivity index (χ2n) is 4.62. The van der Waals surface area contributed by atoms with Gasteiger partial charge in [0.15, 0.2) is 11.3 Å². The number of ether oxygens (including phenoxy) is 1. The SMILES string of the molecule is COc1cc(C(N)CCC(=O)O)c(Br)c2cc(C)oc12. The van der Waals surface area contributed by atoms with Crippen LogP contribution in [0.25, 0.3) is 11.0 Å². The number of carboxylic acids is 1. The largest absolute Gasteiger partial charge is 0.493 e. The Morgan fingerprint density at radius 2 is 2.25 bits per heavy atom. The lowest BCUT2D eigenvalue weighted by Gasteiger charge is -2.15. The van der Waals surface area contributed by atoms with Crippen molar-refractivity contribution in [2.45, 2.75) is 25.8 Å². The maximum atomic E-state index is 10.7. The number of aryl methyl sites for hydroxylation is 1. The van der Waals surface area contributed by atoms with Crippen molar-refractivity contribution in [2.75, 3.05) is 7.11 Å². The number of hydrogen-bond donors (Lipinski definition) is 2. The number of aliphatic carboxylic acids is 1. The van der Waals surface area contributed by atoms with E-state index >= 15 is 0 Å². The Labute approximate surface area is 124 Å². The van der Waals surface area contributed by atoms with Gasteiger partial charge in [0.2, 0.25) is 0 Å². The van der Waals surface area contributed by atoms with Crippen molar-refractivity contribution in [2.24, 2.45) is 5.73 Å².